The smallest absolute Gasteiger partial charge is 0.245 e. The summed E-state index contributed by atoms with van der Waals surface area (Å²) in [5.41, 5.74) is 1.00. The molecular formula is C19H25N3O3. The number of benzene rings is 1. The first-order valence-corrected chi connectivity index (χ1v) is 8.98. The summed E-state index contributed by atoms with van der Waals surface area (Å²) in [6.45, 7) is 2.78. The van der Waals surface area contributed by atoms with Gasteiger partial charge in [0.2, 0.25) is 17.7 Å². The molecule has 2 aliphatic heterocycles. The predicted octanol–water partition coefficient (Wildman–Crippen LogP) is 1.00. The van der Waals surface area contributed by atoms with Crippen molar-refractivity contribution in [3.8, 4) is 0 Å². The zero-order valence-electron chi connectivity index (χ0n) is 14.5. The van der Waals surface area contributed by atoms with Crippen LogP contribution < -0.4 is 10.6 Å². The van der Waals surface area contributed by atoms with Crippen molar-refractivity contribution in [1.82, 2.24) is 15.5 Å². The molecule has 0 saturated carbocycles. The van der Waals surface area contributed by atoms with E-state index in [-0.39, 0.29) is 23.8 Å². The van der Waals surface area contributed by atoms with Crippen molar-refractivity contribution in [1.29, 1.82) is 0 Å². The average Bonchev–Trinajstić information content (AvgIpc) is 3.23. The molecule has 0 aliphatic carbocycles. The van der Waals surface area contributed by atoms with E-state index in [1.165, 1.54) is 0 Å². The highest BCUT2D eigenvalue weighted by Gasteiger charge is 2.34. The van der Waals surface area contributed by atoms with Crippen molar-refractivity contribution >= 4 is 17.7 Å². The van der Waals surface area contributed by atoms with E-state index >= 15 is 0 Å². The quantitative estimate of drug-likeness (QED) is 0.837. The number of rotatable bonds is 5. The maximum atomic E-state index is 13.0. The molecule has 3 rings (SSSR count). The third kappa shape index (κ3) is 4.18. The van der Waals surface area contributed by atoms with Gasteiger partial charge in [-0.25, -0.2) is 0 Å². The molecule has 25 heavy (non-hydrogen) atoms. The van der Waals surface area contributed by atoms with Crippen LogP contribution in [0.4, 0.5) is 0 Å². The highest BCUT2D eigenvalue weighted by atomic mass is 16.2. The Balaban J connectivity index is 1.72. The zero-order chi connectivity index (χ0) is 17.8. The first kappa shape index (κ1) is 17.5. The summed E-state index contributed by atoms with van der Waals surface area (Å²) in [4.78, 5) is 38.7. The molecule has 0 aromatic heterocycles. The van der Waals surface area contributed by atoms with Crippen molar-refractivity contribution < 1.29 is 14.4 Å². The third-order valence-electron chi connectivity index (χ3n) is 5.05. The molecular weight excluding hydrogens is 318 g/mol. The minimum absolute atomic E-state index is 0.0356. The lowest BCUT2D eigenvalue weighted by molar-refractivity contribution is -0.137. The van der Waals surface area contributed by atoms with Crippen molar-refractivity contribution in [2.75, 3.05) is 6.54 Å². The molecule has 0 spiro atoms. The Morgan fingerprint density at radius 3 is 2.64 bits per heavy atom. The summed E-state index contributed by atoms with van der Waals surface area (Å²) in [7, 11) is 0. The maximum absolute atomic E-state index is 13.0. The van der Waals surface area contributed by atoms with E-state index in [4.69, 9.17) is 0 Å². The SMILES string of the molecule is CC1CCCN1C(=O)C(Cc1ccccc1)NC(=O)C1CCC(=O)N1. The van der Waals surface area contributed by atoms with Crippen LogP contribution in [0.15, 0.2) is 30.3 Å². The van der Waals surface area contributed by atoms with Gasteiger partial charge in [0, 0.05) is 25.4 Å². The van der Waals surface area contributed by atoms with Gasteiger partial charge >= 0.3 is 0 Å². The summed E-state index contributed by atoms with van der Waals surface area (Å²) in [5, 5.41) is 5.54. The fraction of sp³-hybridized carbons (Fsp3) is 0.526. The average molecular weight is 343 g/mol. The number of carbonyl (C=O) groups excluding carboxylic acids is 3. The van der Waals surface area contributed by atoms with E-state index in [0.29, 0.717) is 19.3 Å². The monoisotopic (exact) mass is 343 g/mol. The van der Waals surface area contributed by atoms with Crippen LogP contribution in [0.3, 0.4) is 0 Å². The highest BCUT2D eigenvalue weighted by Crippen LogP contribution is 2.19. The van der Waals surface area contributed by atoms with Crippen molar-refractivity contribution in [2.24, 2.45) is 0 Å². The molecule has 134 valence electrons. The minimum Gasteiger partial charge on any atom is -0.344 e. The van der Waals surface area contributed by atoms with Gasteiger partial charge in [0.25, 0.3) is 0 Å². The summed E-state index contributed by atoms with van der Waals surface area (Å²) >= 11 is 0. The number of hydrogen-bond acceptors (Lipinski definition) is 3. The second kappa shape index (κ2) is 7.68. The van der Waals surface area contributed by atoms with Gasteiger partial charge in [0.1, 0.15) is 12.1 Å². The molecule has 6 heteroatoms. The second-order valence-corrected chi connectivity index (χ2v) is 6.93. The molecule has 3 atom stereocenters. The Bertz CT molecular complexity index is 647. The Morgan fingerprint density at radius 1 is 1.28 bits per heavy atom. The van der Waals surface area contributed by atoms with Crippen LogP contribution in [-0.2, 0) is 20.8 Å². The first-order valence-electron chi connectivity index (χ1n) is 8.98. The van der Waals surface area contributed by atoms with Crippen LogP contribution in [0.2, 0.25) is 0 Å². The van der Waals surface area contributed by atoms with Gasteiger partial charge in [-0.15, -0.1) is 0 Å². The lowest BCUT2D eigenvalue weighted by atomic mass is 10.0. The zero-order valence-corrected chi connectivity index (χ0v) is 14.5. The van der Waals surface area contributed by atoms with Crippen LogP contribution in [0, 0.1) is 0 Å². The van der Waals surface area contributed by atoms with Crippen molar-refractivity contribution in [2.45, 2.75) is 57.2 Å². The molecule has 1 aromatic carbocycles. The topological polar surface area (TPSA) is 78.5 Å². The number of likely N-dealkylation sites (tertiary alicyclic amines) is 1. The molecule has 0 bridgehead atoms. The number of nitrogens with one attached hydrogen (secondary N) is 2. The Kier molecular flexibility index (Phi) is 5.36. The van der Waals surface area contributed by atoms with Gasteiger partial charge in [0.15, 0.2) is 0 Å². The van der Waals surface area contributed by atoms with Crippen molar-refractivity contribution in [3.05, 3.63) is 35.9 Å². The third-order valence-corrected chi connectivity index (χ3v) is 5.05. The minimum atomic E-state index is -0.604. The van der Waals surface area contributed by atoms with Crippen LogP contribution in [0.5, 0.6) is 0 Å². The van der Waals surface area contributed by atoms with Gasteiger partial charge in [-0.3, -0.25) is 14.4 Å². The molecule has 6 nitrogen and oxygen atoms in total. The first-order chi connectivity index (χ1) is 12.0. The second-order valence-electron chi connectivity index (χ2n) is 6.93. The van der Waals surface area contributed by atoms with Crippen LogP contribution in [-0.4, -0.2) is 47.3 Å². The summed E-state index contributed by atoms with van der Waals surface area (Å²) < 4.78 is 0. The van der Waals surface area contributed by atoms with Gasteiger partial charge in [-0.2, -0.15) is 0 Å². The predicted molar refractivity (Wildman–Crippen MR) is 93.7 cm³/mol. The summed E-state index contributed by atoms with van der Waals surface area (Å²) in [5.74, 6) is -0.419. The molecule has 2 aliphatic rings. The fourth-order valence-corrected chi connectivity index (χ4v) is 3.59. The van der Waals surface area contributed by atoms with E-state index < -0.39 is 12.1 Å². The highest BCUT2D eigenvalue weighted by molar-refractivity contribution is 5.94. The molecule has 1 aromatic rings. The van der Waals surface area contributed by atoms with Gasteiger partial charge in [-0.1, -0.05) is 30.3 Å². The number of amides is 3. The molecule has 3 amide bonds. The lowest BCUT2D eigenvalue weighted by Gasteiger charge is -2.28. The Morgan fingerprint density at radius 2 is 2.04 bits per heavy atom. The molecule has 2 fully saturated rings. The molecule has 2 N–H and O–H groups in total. The Hall–Kier alpha value is -2.37. The van der Waals surface area contributed by atoms with Gasteiger partial charge in [-0.05, 0) is 31.7 Å². The molecule has 2 heterocycles. The van der Waals surface area contributed by atoms with Crippen LogP contribution in [0.1, 0.15) is 38.2 Å². The standard InChI is InChI=1S/C19H25N3O3/c1-13-6-5-11-22(13)19(25)16(12-14-7-3-2-4-8-14)21-18(24)15-9-10-17(23)20-15/h2-4,7-8,13,15-16H,5-6,9-12H2,1H3,(H,20,23)(H,21,24). The van der Waals surface area contributed by atoms with E-state index in [2.05, 4.69) is 10.6 Å². The molecule has 3 unspecified atom stereocenters. The normalized spacial score (nSPS) is 24.0. The van der Waals surface area contributed by atoms with E-state index in [1.54, 1.807) is 0 Å². The van der Waals surface area contributed by atoms with Crippen molar-refractivity contribution in [3.63, 3.8) is 0 Å². The largest absolute Gasteiger partial charge is 0.344 e. The summed E-state index contributed by atoms with van der Waals surface area (Å²) in [6, 6.07) is 8.75. The molecule has 2 saturated heterocycles. The van der Waals surface area contributed by atoms with Crippen LogP contribution in [0.25, 0.3) is 0 Å². The van der Waals surface area contributed by atoms with Crippen LogP contribution >= 0.6 is 0 Å². The molecule has 0 radical (unpaired) electrons. The lowest BCUT2D eigenvalue weighted by Crippen LogP contribution is -2.54. The van der Waals surface area contributed by atoms with Gasteiger partial charge in [0.05, 0.1) is 0 Å². The number of nitrogens with zero attached hydrogens (tertiary/aromatic N) is 1. The fourth-order valence-electron chi connectivity index (χ4n) is 3.59. The number of hydrogen-bond donors (Lipinski definition) is 2. The summed E-state index contributed by atoms with van der Waals surface area (Å²) in [6.07, 6.45) is 3.29. The van der Waals surface area contributed by atoms with E-state index in [9.17, 15) is 14.4 Å². The van der Waals surface area contributed by atoms with E-state index in [0.717, 1.165) is 24.9 Å². The van der Waals surface area contributed by atoms with E-state index in [1.807, 2.05) is 42.2 Å². The maximum Gasteiger partial charge on any atom is 0.245 e. The number of carbonyl (C=O) groups is 3. The Labute approximate surface area is 148 Å². The van der Waals surface area contributed by atoms with Gasteiger partial charge < -0.3 is 15.5 Å².